The van der Waals surface area contributed by atoms with E-state index in [1.165, 1.54) is 5.56 Å². The van der Waals surface area contributed by atoms with Crippen LogP contribution in [0, 0.1) is 18.3 Å². The predicted octanol–water partition coefficient (Wildman–Crippen LogP) is 3.73. The van der Waals surface area contributed by atoms with E-state index in [-0.39, 0.29) is 0 Å². The Morgan fingerprint density at radius 3 is 2.20 bits per heavy atom. The third-order valence-corrected chi connectivity index (χ3v) is 3.44. The van der Waals surface area contributed by atoms with Crippen LogP contribution in [0.4, 0.5) is 0 Å². The average Bonchev–Trinajstić information content (AvgIpc) is 2.48. The van der Waals surface area contributed by atoms with Crippen LogP contribution in [0.1, 0.15) is 34.8 Å². The minimum absolute atomic E-state index is 0.484. The van der Waals surface area contributed by atoms with Gasteiger partial charge in [0.25, 0.3) is 0 Å². The molecule has 0 saturated carbocycles. The number of benzene rings is 2. The third-order valence-electron chi connectivity index (χ3n) is 3.44. The second-order valence-corrected chi connectivity index (χ2v) is 5.11. The Bertz CT molecular complexity index is 578. The van der Waals surface area contributed by atoms with Crippen molar-refractivity contribution in [2.75, 3.05) is 0 Å². The molecule has 0 aliphatic heterocycles. The van der Waals surface area contributed by atoms with Gasteiger partial charge >= 0.3 is 0 Å². The van der Waals surface area contributed by atoms with Crippen molar-refractivity contribution in [1.82, 2.24) is 0 Å². The number of nitriles is 1. The molecular formula is C18H19NO. The van der Waals surface area contributed by atoms with Crippen LogP contribution < -0.4 is 0 Å². The molecule has 0 aliphatic rings. The highest BCUT2D eigenvalue weighted by atomic mass is 16.3. The van der Waals surface area contributed by atoms with E-state index in [4.69, 9.17) is 5.26 Å². The maximum absolute atomic E-state index is 10.3. The van der Waals surface area contributed by atoms with Crippen molar-refractivity contribution in [3.63, 3.8) is 0 Å². The molecule has 0 amide bonds. The van der Waals surface area contributed by atoms with Gasteiger partial charge in [-0.25, -0.2) is 0 Å². The Morgan fingerprint density at radius 2 is 1.60 bits per heavy atom. The van der Waals surface area contributed by atoms with E-state index in [1.54, 1.807) is 0 Å². The molecule has 2 heteroatoms. The minimum Gasteiger partial charge on any atom is -0.388 e. The SMILES string of the molecule is Cc1ccc(CC(O)c2ccc(CCC#N)cc2)cc1. The summed E-state index contributed by atoms with van der Waals surface area (Å²) in [7, 11) is 0. The monoisotopic (exact) mass is 265 g/mol. The number of hydrogen-bond acceptors (Lipinski definition) is 2. The molecule has 0 heterocycles. The molecule has 0 bridgehead atoms. The summed E-state index contributed by atoms with van der Waals surface area (Å²) in [6.45, 7) is 2.06. The summed E-state index contributed by atoms with van der Waals surface area (Å²) < 4.78 is 0. The zero-order valence-electron chi connectivity index (χ0n) is 11.7. The fraction of sp³-hybridized carbons (Fsp3) is 0.278. The van der Waals surface area contributed by atoms with E-state index < -0.39 is 6.10 Å². The van der Waals surface area contributed by atoms with Gasteiger partial charge in [-0.05, 0) is 30.0 Å². The van der Waals surface area contributed by atoms with Gasteiger partial charge in [-0.2, -0.15) is 5.26 Å². The molecule has 0 aromatic heterocycles. The normalized spacial score (nSPS) is 11.8. The smallest absolute Gasteiger partial charge is 0.0830 e. The summed E-state index contributed by atoms with van der Waals surface area (Å²) in [5.41, 5.74) is 4.42. The molecule has 2 nitrogen and oxygen atoms in total. The van der Waals surface area contributed by atoms with Crippen molar-refractivity contribution in [2.45, 2.75) is 32.3 Å². The zero-order chi connectivity index (χ0) is 14.4. The molecule has 20 heavy (non-hydrogen) atoms. The Labute approximate surface area is 120 Å². The van der Waals surface area contributed by atoms with Crippen LogP contribution in [0.15, 0.2) is 48.5 Å². The first-order valence-electron chi connectivity index (χ1n) is 6.88. The van der Waals surface area contributed by atoms with Gasteiger partial charge in [-0.15, -0.1) is 0 Å². The first kappa shape index (κ1) is 14.3. The van der Waals surface area contributed by atoms with Crippen LogP contribution in [0.2, 0.25) is 0 Å². The van der Waals surface area contributed by atoms with Gasteiger partial charge in [0, 0.05) is 12.8 Å². The molecule has 1 N–H and O–H groups in total. The van der Waals surface area contributed by atoms with Gasteiger partial charge in [0.1, 0.15) is 0 Å². The highest BCUT2D eigenvalue weighted by Crippen LogP contribution is 2.19. The topological polar surface area (TPSA) is 44.0 Å². The lowest BCUT2D eigenvalue weighted by atomic mass is 9.99. The Hall–Kier alpha value is -2.11. The number of aryl methyl sites for hydroxylation is 2. The van der Waals surface area contributed by atoms with Gasteiger partial charge in [-0.3, -0.25) is 0 Å². The van der Waals surface area contributed by atoms with E-state index in [2.05, 4.69) is 37.3 Å². The molecule has 0 fully saturated rings. The van der Waals surface area contributed by atoms with Crippen LogP contribution >= 0.6 is 0 Å². The molecule has 1 unspecified atom stereocenters. The second-order valence-electron chi connectivity index (χ2n) is 5.11. The standard InChI is InChI=1S/C18H19NO/c1-14-4-6-16(7-5-14)13-18(20)17-10-8-15(9-11-17)3-2-12-19/h4-11,18,20H,2-3,13H2,1H3. The van der Waals surface area contributed by atoms with Crippen LogP contribution in [-0.2, 0) is 12.8 Å². The molecule has 2 rings (SSSR count). The minimum atomic E-state index is -0.484. The Morgan fingerprint density at radius 1 is 1.00 bits per heavy atom. The largest absolute Gasteiger partial charge is 0.388 e. The first-order chi connectivity index (χ1) is 9.69. The number of nitrogens with zero attached hydrogens (tertiary/aromatic N) is 1. The highest BCUT2D eigenvalue weighted by molar-refractivity contribution is 5.27. The van der Waals surface area contributed by atoms with Crippen molar-refractivity contribution in [1.29, 1.82) is 5.26 Å². The average molecular weight is 265 g/mol. The third kappa shape index (κ3) is 3.94. The predicted molar refractivity (Wildman–Crippen MR) is 80.2 cm³/mol. The van der Waals surface area contributed by atoms with Crippen molar-refractivity contribution >= 4 is 0 Å². The first-order valence-corrected chi connectivity index (χ1v) is 6.88. The summed E-state index contributed by atoms with van der Waals surface area (Å²) in [5, 5.41) is 18.8. The number of rotatable bonds is 5. The van der Waals surface area contributed by atoms with Crippen molar-refractivity contribution in [3.05, 3.63) is 70.8 Å². The molecule has 0 aliphatic carbocycles. The molecular weight excluding hydrogens is 246 g/mol. The van der Waals surface area contributed by atoms with E-state index in [9.17, 15) is 5.11 Å². The summed E-state index contributed by atoms with van der Waals surface area (Å²) in [5.74, 6) is 0. The summed E-state index contributed by atoms with van der Waals surface area (Å²) >= 11 is 0. The maximum atomic E-state index is 10.3. The molecule has 0 radical (unpaired) electrons. The van der Waals surface area contributed by atoms with Gasteiger partial charge < -0.3 is 5.11 Å². The molecule has 1 atom stereocenters. The Kier molecular flexibility index (Phi) is 4.92. The molecule has 0 saturated heterocycles. The molecule has 102 valence electrons. The van der Waals surface area contributed by atoms with Crippen molar-refractivity contribution < 1.29 is 5.11 Å². The van der Waals surface area contributed by atoms with Crippen LogP contribution in [-0.4, -0.2) is 5.11 Å². The van der Waals surface area contributed by atoms with Gasteiger partial charge in [0.05, 0.1) is 12.2 Å². The molecule has 2 aromatic rings. The van der Waals surface area contributed by atoms with E-state index in [0.717, 1.165) is 23.1 Å². The summed E-state index contributed by atoms with van der Waals surface area (Å²) in [4.78, 5) is 0. The highest BCUT2D eigenvalue weighted by Gasteiger charge is 2.08. The number of hydrogen-bond donors (Lipinski definition) is 1. The lowest BCUT2D eigenvalue weighted by Gasteiger charge is -2.12. The van der Waals surface area contributed by atoms with Gasteiger partial charge in [0.2, 0.25) is 0 Å². The molecule has 0 spiro atoms. The zero-order valence-corrected chi connectivity index (χ0v) is 11.7. The van der Waals surface area contributed by atoms with E-state index in [0.29, 0.717) is 12.8 Å². The van der Waals surface area contributed by atoms with E-state index in [1.807, 2.05) is 24.3 Å². The van der Waals surface area contributed by atoms with Gasteiger partial charge in [-0.1, -0.05) is 54.1 Å². The fourth-order valence-electron chi connectivity index (χ4n) is 2.17. The Balaban J connectivity index is 2.00. The van der Waals surface area contributed by atoms with E-state index >= 15 is 0 Å². The van der Waals surface area contributed by atoms with Crippen LogP contribution in [0.3, 0.4) is 0 Å². The lowest BCUT2D eigenvalue weighted by Crippen LogP contribution is -2.02. The lowest BCUT2D eigenvalue weighted by molar-refractivity contribution is 0.178. The maximum Gasteiger partial charge on any atom is 0.0830 e. The summed E-state index contributed by atoms with van der Waals surface area (Å²) in [6, 6.07) is 18.3. The van der Waals surface area contributed by atoms with Crippen LogP contribution in [0.5, 0.6) is 0 Å². The van der Waals surface area contributed by atoms with Crippen molar-refractivity contribution in [2.24, 2.45) is 0 Å². The second kappa shape index (κ2) is 6.88. The number of aliphatic hydroxyl groups is 1. The molecule has 2 aromatic carbocycles. The number of aliphatic hydroxyl groups excluding tert-OH is 1. The quantitative estimate of drug-likeness (QED) is 0.895. The van der Waals surface area contributed by atoms with Crippen molar-refractivity contribution in [3.8, 4) is 6.07 Å². The fourth-order valence-corrected chi connectivity index (χ4v) is 2.17. The summed E-state index contributed by atoms with van der Waals surface area (Å²) in [6.07, 6.45) is 1.44. The van der Waals surface area contributed by atoms with Gasteiger partial charge in [0.15, 0.2) is 0 Å². The van der Waals surface area contributed by atoms with Crippen LogP contribution in [0.25, 0.3) is 0 Å².